The molecule has 0 aliphatic carbocycles. The smallest absolute Gasteiger partial charge is 0.0706 e. The van der Waals surface area contributed by atoms with E-state index in [1.54, 1.807) is 0 Å². The molecule has 1 saturated heterocycles. The van der Waals surface area contributed by atoms with Crippen LogP contribution in [-0.2, 0) is 0 Å². The minimum Gasteiger partial charge on any atom is -0.399 e. The zero-order valence-corrected chi connectivity index (χ0v) is 13.5. The number of nitrogens with zero attached hydrogens (tertiary/aromatic N) is 2. The van der Waals surface area contributed by atoms with Crippen LogP contribution in [-0.4, -0.2) is 30.0 Å². The first-order valence-electron chi connectivity index (χ1n) is 6.57. The average molecular weight is 369 g/mol. The fourth-order valence-electron chi connectivity index (χ4n) is 2.86. The van der Waals surface area contributed by atoms with Gasteiger partial charge in [0.05, 0.1) is 5.52 Å². The van der Waals surface area contributed by atoms with Gasteiger partial charge in [-0.2, -0.15) is 0 Å². The summed E-state index contributed by atoms with van der Waals surface area (Å²) in [5.74, 6) is 0.647. The number of hydrogen-bond acceptors (Lipinski definition) is 3. The molecular weight excluding hydrogens is 349 g/mol. The Morgan fingerprint density at radius 1 is 1.21 bits per heavy atom. The molecule has 0 spiro atoms. The first-order chi connectivity index (χ1) is 8.74. The van der Waals surface area contributed by atoms with Crippen molar-refractivity contribution in [1.82, 2.24) is 9.88 Å². The quantitative estimate of drug-likeness (QED) is 0.620. The van der Waals surface area contributed by atoms with Crippen molar-refractivity contribution in [3.05, 3.63) is 36.0 Å². The molecule has 0 amide bonds. The summed E-state index contributed by atoms with van der Waals surface area (Å²) in [7, 11) is 2.19. The van der Waals surface area contributed by atoms with Crippen LogP contribution < -0.4 is 5.73 Å². The lowest BCUT2D eigenvalue weighted by Gasteiger charge is -2.29. The van der Waals surface area contributed by atoms with Crippen molar-refractivity contribution < 1.29 is 0 Å². The predicted molar refractivity (Wildman–Crippen MR) is 91.0 cm³/mol. The molecule has 1 aliphatic heterocycles. The maximum atomic E-state index is 5.91. The van der Waals surface area contributed by atoms with Crippen molar-refractivity contribution in [3.63, 3.8) is 0 Å². The van der Waals surface area contributed by atoms with Gasteiger partial charge < -0.3 is 10.6 Å². The molecule has 19 heavy (non-hydrogen) atoms. The summed E-state index contributed by atoms with van der Waals surface area (Å²) >= 11 is 0. The number of aromatic nitrogens is 1. The topological polar surface area (TPSA) is 42.2 Å². The molecule has 1 aromatic carbocycles. The van der Waals surface area contributed by atoms with E-state index in [1.807, 2.05) is 18.3 Å². The van der Waals surface area contributed by atoms with Crippen LogP contribution in [0.15, 0.2) is 30.5 Å². The second-order valence-corrected chi connectivity index (χ2v) is 5.25. The lowest BCUT2D eigenvalue weighted by Crippen LogP contribution is -2.29. The van der Waals surface area contributed by atoms with Crippen molar-refractivity contribution in [1.29, 1.82) is 0 Å². The molecule has 0 radical (unpaired) electrons. The average Bonchev–Trinajstić information content (AvgIpc) is 2.39. The molecule has 0 saturated carbocycles. The van der Waals surface area contributed by atoms with E-state index in [9.17, 15) is 0 Å². The van der Waals surface area contributed by atoms with Crippen LogP contribution >= 0.6 is 24.0 Å². The van der Waals surface area contributed by atoms with Gasteiger partial charge in [0.15, 0.2) is 0 Å². The van der Waals surface area contributed by atoms with Gasteiger partial charge in [-0.05, 0) is 68.7 Å². The Hall–Kier alpha value is -0.880. The molecule has 4 heteroatoms. The minimum absolute atomic E-state index is 0. The predicted octanol–water partition coefficient (Wildman–Crippen LogP) is 3.24. The van der Waals surface area contributed by atoms with Gasteiger partial charge in [-0.3, -0.25) is 4.98 Å². The standard InChI is InChI=1S/C15H19N3.HI/c1-18-8-5-11(6-9-18)13-4-7-17-15-3-2-12(16)10-14(13)15;/h2-4,7,10-11H,5-6,8-9,16H2,1H3;1H. The number of fused-ring (bicyclic) bond motifs is 1. The second-order valence-electron chi connectivity index (χ2n) is 5.25. The monoisotopic (exact) mass is 369 g/mol. The van der Waals surface area contributed by atoms with E-state index in [0.717, 1.165) is 11.2 Å². The molecule has 102 valence electrons. The normalized spacial score (nSPS) is 17.3. The molecule has 2 N–H and O–H groups in total. The van der Waals surface area contributed by atoms with Crippen LogP contribution in [0.2, 0.25) is 0 Å². The summed E-state index contributed by atoms with van der Waals surface area (Å²) in [6, 6.07) is 8.17. The van der Waals surface area contributed by atoms with Gasteiger partial charge in [0.2, 0.25) is 0 Å². The number of likely N-dealkylation sites (tertiary alicyclic amines) is 1. The van der Waals surface area contributed by atoms with Crippen molar-refractivity contribution in [3.8, 4) is 0 Å². The lowest BCUT2D eigenvalue weighted by molar-refractivity contribution is 0.256. The Morgan fingerprint density at radius 3 is 2.68 bits per heavy atom. The summed E-state index contributed by atoms with van der Waals surface area (Å²) < 4.78 is 0. The van der Waals surface area contributed by atoms with Crippen molar-refractivity contribution in [2.45, 2.75) is 18.8 Å². The number of pyridine rings is 1. The van der Waals surface area contributed by atoms with Gasteiger partial charge in [-0.15, -0.1) is 24.0 Å². The fourth-order valence-corrected chi connectivity index (χ4v) is 2.86. The zero-order chi connectivity index (χ0) is 12.5. The van der Waals surface area contributed by atoms with Crippen LogP contribution in [0.3, 0.4) is 0 Å². The van der Waals surface area contributed by atoms with E-state index in [4.69, 9.17) is 5.73 Å². The maximum absolute atomic E-state index is 5.91. The molecule has 1 aliphatic rings. The molecule has 0 bridgehead atoms. The van der Waals surface area contributed by atoms with Gasteiger partial charge in [0.25, 0.3) is 0 Å². The maximum Gasteiger partial charge on any atom is 0.0706 e. The summed E-state index contributed by atoms with van der Waals surface area (Å²) in [5.41, 5.74) is 9.21. The number of nitrogens with two attached hydrogens (primary N) is 1. The fraction of sp³-hybridized carbons (Fsp3) is 0.400. The Balaban J connectivity index is 0.00000133. The number of anilines is 1. The van der Waals surface area contributed by atoms with Gasteiger partial charge >= 0.3 is 0 Å². The van der Waals surface area contributed by atoms with E-state index in [2.05, 4.69) is 29.1 Å². The second kappa shape index (κ2) is 6.05. The van der Waals surface area contributed by atoms with Gasteiger partial charge in [0, 0.05) is 17.3 Å². The molecule has 2 heterocycles. The molecule has 2 aromatic rings. The SMILES string of the molecule is CN1CCC(c2ccnc3ccc(N)cc23)CC1.I. The summed E-state index contributed by atoms with van der Waals surface area (Å²) in [5, 5.41) is 1.23. The minimum atomic E-state index is 0. The van der Waals surface area contributed by atoms with Crippen LogP contribution in [0.25, 0.3) is 10.9 Å². The number of piperidine rings is 1. The highest BCUT2D eigenvalue weighted by molar-refractivity contribution is 14.0. The van der Waals surface area contributed by atoms with Crippen LogP contribution in [0.5, 0.6) is 0 Å². The molecule has 1 fully saturated rings. The summed E-state index contributed by atoms with van der Waals surface area (Å²) in [6.45, 7) is 2.35. The molecular formula is C15H20IN3. The van der Waals surface area contributed by atoms with Crippen LogP contribution in [0.1, 0.15) is 24.3 Å². The Labute approximate surface area is 131 Å². The van der Waals surface area contributed by atoms with Crippen LogP contribution in [0, 0.1) is 0 Å². The number of rotatable bonds is 1. The first-order valence-corrected chi connectivity index (χ1v) is 6.57. The third-order valence-corrected chi connectivity index (χ3v) is 3.96. The van der Waals surface area contributed by atoms with Gasteiger partial charge in [0.1, 0.15) is 0 Å². The van der Waals surface area contributed by atoms with E-state index in [-0.39, 0.29) is 24.0 Å². The number of nitrogen functional groups attached to an aromatic ring is 1. The van der Waals surface area contributed by atoms with E-state index in [0.29, 0.717) is 5.92 Å². The summed E-state index contributed by atoms with van der Waals surface area (Å²) in [4.78, 5) is 6.82. The van der Waals surface area contributed by atoms with E-state index in [1.165, 1.54) is 36.9 Å². The first kappa shape index (κ1) is 14.5. The van der Waals surface area contributed by atoms with Crippen LogP contribution in [0.4, 0.5) is 5.69 Å². The largest absolute Gasteiger partial charge is 0.399 e. The number of hydrogen-bond donors (Lipinski definition) is 1. The van der Waals surface area contributed by atoms with Crippen molar-refractivity contribution in [2.24, 2.45) is 0 Å². The highest BCUT2D eigenvalue weighted by Crippen LogP contribution is 2.32. The zero-order valence-electron chi connectivity index (χ0n) is 11.2. The van der Waals surface area contributed by atoms with Crippen molar-refractivity contribution in [2.75, 3.05) is 25.9 Å². The molecule has 0 atom stereocenters. The van der Waals surface area contributed by atoms with Gasteiger partial charge in [-0.25, -0.2) is 0 Å². The Morgan fingerprint density at radius 2 is 1.95 bits per heavy atom. The molecule has 3 rings (SSSR count). The molecule has 1 aromatic heterocycles. The Kier molecular flexibility index (Phi) is 4.62. The van der Waals surface area contributed by atoms with E-state index < -0.39 is 0 Å². The number of halogens is 1. The third-order valence-electron chi connectivity index (χ3n) is 3.96. The molecule has 3 nitrogen and oxygen atoms in total. The highest BCUT2D eigenvalue weighted by atomic mass is 127. The number of benzene rings is 1. The highest BCUT2D eigenvalue weighted by Gasteiger charge is 2.20. The Bertz CT molecular complexity index is 562. The van der Waals surface area contributed by atoms with Gasteiger partial charge in [-0.1, -0.05) is 0 Å². The van der Waals surface area contributed by atoms with Crippen molar-refractivity contribution >= 4 is 40.6 Å². The van der Waals surface area contributed by atoms with E-state index >= 15 is 0 Å². The third kappa shape index (κ3) is 3.00. The lowest BCUT2D eigenvalue weighted by atomic mass is 9.87. The molecule has 0 unspecified atom stereocenters. The summed E-state index contributed by atoms with van der Waals surface area (Å²) in [6.07, 6.45) is 4.38.